The van der Waals surface area contributed by atoms with E-state index in [2.05, 4.69) is 0 Å². The van der Waals surface area contributed by atoms with E-state index in [1.165, 1.54) is 12.1 Å². The smallest absolute Gasteiger partial charge is 0.297 e. The number of hydrogen-bond acceptors (Lipinski definition) is 7. The highest BCUT2D eigenvalue weighted by atomic mass is 32.2. The van der Waals surface area contributed by atoms with Gasteiger partial charge in [0.15, 0.2) is 12.4 Å². The van der Waals surface area contributed by atoms with Gasteiger partial charge in [-0.15, -0.1) is 0 Å². The number of aliphatic hydroxyl groups is 2. The topological polar surface area (TPSA) is 102 Å². The minimum Gasteiger partial charge on any atom is -0.388 e. The lowest BCUT2D eigenvalue weighted by atomic mass is 10.1. The third-order valence-electron chi connectivity index (χ3n) is 3.31. The van der Waals surface area contributed by atoms with E-state index >= 15 is 0 Å². The quantitative estimate of drug-likeness (QED) is 0.742. The summed E-state index contributed by atoms with van der Waals surface area (Å²) in [5.41, 5.74) is 0.905. The van der Waals surface area contributed by atoms with E-state index in [4.69, 9.17) is 13.7 Å². The minimum absolute atomic E-state index is 0.0411. The first-order chi connectivity index (χ1) is 10.3. The van der Waals surface area contributed by atoms with E-state index < -0.39 is 34.7 Å². The van der Waals surface area contributed by atoms with Gasteiger partial charge in [0.25, 0.3) is 10.1 Å². The standard InChI is InChI=1S/C14H20O7S/c1-3-19-14-13(12(16)11(15)8-20-14)21-22(17,18)10-6-4-9(2)5-7-10/h4-7,11-16H,3,8H2,1-2H3/t11-,12+,13-,14-/m1/s1. The molecule has 2 rings (SSSR count). The lowest BCUT2D eigenvalue weighted by Gasteiger charge is -2.36. The maximum absolute atomic E-state index is 12.3. The van der Waals surface area contributed by atoms with Gasteiger partial charge in [-0.25, -0.2) is 0 Å². The second-order valence-corrected chi connectivity index (χ2v) is 6.62. The molecule has 2 N–H and O–H groups in total. The summed E-state index contributed by atoms with van der Waals surface area (Å²) in [4.78, 5) is -0.0411. The zero-order valence-electron chi connectivity index (χ0n) is 12.4. The van der Waals surface area contributed by atoms with E-state index in [0.29, 0.717) is 0 Å². The van der Waals surface area contributed by atoms with Gasteiger partial charge >= 0.3 is 0 Å². The van der Waals surface area contributed by atoms with Gasteiger partial charge in [0.1, 0.15) is 12.2 Å². The van der Waals surface area contributed by atoms with Crippen LogP contribution in [-0.4, -0.2) is 56.4 Å². The Balaban J connectivity index is 2.22. The highest BCUT2D eigenvalue weighted by molar-refractivity contribution is 7.86. The van der Waals surface area contributed by atoms with Gasteiger partial charge in [0.2, 0.25) is 0 Å². The summed E-state index contributed by atoms with van der Waals surface area (Å²) >= 11 is 0. The normalized spacial score (nSPS) is 29.5. The molecule has 1 aromatic rings. The third-order valence-corrected chi connectivity index (χ3v) is 4.63. The van der Waals surface area contributed by atoms with E-state index in [1.54, 1.807) is 19.1 Å². The first-order valence-corrected chi connectivity index (χ1v) is 8.35. The zero-order valence-corrected chi connectivity index (χ0v) is 13.2. The molecule has 0 aromatic heterocycles. The summed E-state index contributed by atoms with van der Waals surface area (Å²) in [5.74, 6) is 0. The van der Waals surface area contributed by atoms with Gasteiger partial charge in [-0.3, -0.25) is 4.18 Å². The van der Waals surface area contributed by atoms with Crippen molar-refractivity contribution in [1.82, 2.24) is 0 Å². The van der Waals surface area contributed by atoms with Crippen molar-refractivity contribution in [3.8, 4) is 0 Å². The van der Waals surface area contributed by atoms with Gasteiger partial charge in [-0.1, -0.05) is 17.7 Å². The van der Waals surface area contributed by atoms with Crippen molar-refractivity contribution in [2.75, 3.05) is 13.2 Å². The van der Waals surface area contributed by atoms with E-state index in [1.807, 2.05) is 6.92 Å². The highest BCUT2D eigenvalue weighted by Crippen LogP contribution is 2.24. The molecule has 0 unspecified atom stereocenters. The van der Waals surface area contributed by atoms with E-state index in [0.717, 1.165) is 5.56 Å². The summed E-state index contributed by atoms with van der Waals surface area (Å²) < 4.78 is 40.1. The van der Waals surface area contributed by atoms with Crippen LogP contribution in [0.15, 0.2) is 29.2 Å². The number of aryl methyl sites for hydroxylation is 1. The van der Waals surface area contributed by atoms with Crippen LogP contribution < -0.4 is 0 Å². The molecule has 1 saturated heterocycles. The number of rotatable bonds is 5. The van der Waals surface area contributed by atoms with Crippen LogP contribution in [0, 0.1) is 6.92 Å². The first kappa shape index (κ1) is 17.3. The van der Waals surface area contributed by atoms with Crippen molar-refractivity contribution in [2.45, 2.75) is 43.3 Å². The molecule has 8 heteroatoms. The van der Waals surface area contributed by atoms with Crippen LogP contribution in [0.2, 0.25) is 0 Å². The number of hydrogen-bond donors (Lipinski definition) is 2. The molecule has 1 aliphatic rings. The molecule has 7 nitrogen and oxygen atoms in total. The largest absolute Gasteiger partial charge is 0.388 e. The third kappa shape index (κ3) is 3.83. The van der Waals surface area contributed by atoms with Crippen LogP contribution in [0.4, 0.5) is 0 Å². The van der Waals surface area contributed by atoms with Gasteiger partial charge in [0, 0.05) is 6.61 Å². The average molecular weight is 332 g/mol. The Hall–Kier alpha value is -1.03. The molecule has 124 valence electrons. The van der Waals surface area contributed by atoms with Gasteiger partial charge in [0.05, 0.1) is 11.5 Å². The number of aliphatic hydroxyl groups excluding tert-OH is 2. The predicted octanol–water partition coefficient (Wildman–Crippen LogP) is 0.184. The molecule has 1 heterocycles. The van der Waals surface area contributed by atoms with Crippen LogP contribution >= 0.6 is 0 Å². The summed E-state index contributed by atoms with van der Waals surface area (Å²) in [6.45, 7) is 3.62. The Morgan fingerprint density at radius 3 is 2.50 bits per heavy atom. The minimum atomic E-state index is -4.12. The highest BCUT2D eigenvalue weighted by Gasteiger charge is 2.43. The molecule has 0 aliphatic carbocycles. The van der Waals surface area contributed by atoms with Crippen molar-refractivity contribution in [3.63, 3.8) is 0 Å². The number of ether oxygens (including phenoxy) is 2. The molecular formula is C14H20O7S. The Bertz CT molecular complexity index is 584. The summed E-state index contributed by atoms with van der Waals surface area (Å²) in [6.07, 6.45) is -5.07. The molecule has 4 atom stereocenters. The second-order valence-electron chi connectivity index (χ2n) is 5.04. The fraction of sp³-hybridized carbons (Fsp3) is 0.571. The zero-order chi connectivity index (χ0) is 16.3. The lowest BCUT2D eigenvalue weighted by molar-refractivity contribution is -0.261. The van der Waals surface area contributed by atoms with Crippen molar-refractivity contribution in [1.29, 1.82) is 0 Å². The SMILES string of the molecule is CCO[C@@H]1OC[C@@H](O)[C@H](O)[C@H]1OS(=O)(=O)c1ccc(C)cc1. The van der Waals surface area contributed by atoms with Crippen molar-refractivity contribution in [2.24, 2.45) is 0 Å². The Labute approximate surface area is 129 Å². The molecular weight excluding hydrogens is 312 g/mol. The fourth-order valence-electron chi connectivity index (χ4n) is 2.08. The molecule has 1 aliphatic heterocycles. The second kappa shape index (κ2) is 7.03. The first-order valence-electron chi connectivity index (χ1n) is 6.94. The van der Waals surface area contributed by atoms with Crippen LogP contribution in [-0.2, 0) is 23.8 Å². The maximum Gasteiger partial charge on any atom is 0.297 e. The monoisotopic (exact) mass is 332 g/mol. The van der Waals surface area contributed by atoms with Gasteiger partial charge in [-0.2, -0.15) is 8.42 Å². The van der Waals surface area contributed by atoms with Crippen molar-refractivity contribution < 1.29 is 32.3 Å². The fourth-order valence-corrected chi connectivity index (χ4v) is 3.16. The summed E-state index contributed by atoms with van der Waals surface area (Å²) in [6, 6.07) is 6.09. The van der Waals surface area contributed by atoms with E-state index in [9.17, 15) is 18.6 Å². The number of benzene rings is 1. The summed E-state index contributed by atoms with van der Waals surface area (Å²) in [7, 11) is -4.12. The van der Waals surface area contributed by atoms with Gasteiger partial charge in [-0.05, 0) is 26.0 Å². The lowest BCUT2D eigenvalue weighted by Crippen LogP contribution is -2.55. The molecule has 0 saturated carbocycles. The molecule has 0 bridgehead atoms. The maximum atomic E-state index is 12.3. The Morgan fingerprint density at radius 1 is 1.27 bits per heavy atom. The van der Waals surface area contributed by atoms with Crippen molar-refractivity contribution in [3.05, 3.63) is 29.8 Å². The van der Waals surface area contributed by atoms with Crippen molar-refractivity contribution >= 4 is 10.1 Å². The molecule has 0 radical (unpaired) electrons. The van der Waals surface area contributed by atoms with Crippen LogP contribution in [0.5, 0.6) is 0 Å². The molecule has 0 spiro atoms. The average Bonchev–Trinajstić information content (AvgIpc) is 2.47. The Morgan fingerprint density at radius 2 is 1.91 bits per heavy atom. The van der Waals surface area contributed by atoms with Crippen LogP contribution in [0.1, 0.15) is 12.5 Å². The predicted molar refractivity (Wildman–Crippen MR) is 76.6 cm³/mol. The van der Waals surface area contributed by atoms with E-state index in [-0.39, 0.29) is 18.1 Å². The summed E-state index contributed by atoms with van der Waals surface area (Å²) in [5, 5.41) is 19.6. The molecule has 1 aromatic carbocycles. The van der Waals surface area contributed by atoms with Crippen LogP contribution in [0.25, 0.3) is 0 Å². The Kier molecular flexibility index (Phi) is 5.54. The van der Waals surface area contributed by atoms with Gasteiger partial charge < -0.3 is 19.7 Å². The molecule has 1 fully saturated rings. The van der Waals surface area contributed by atoms with Crippen LogP contribution in [0.3, 0.4) is 0 Å². The molecule has 22 heavy (non-hydrogen) atoms. The molecule has 0 amide bonds.